The summed E-state index contributed by atoms with van der Waals surface area (Å²) in [5, 5.41) is 19.2. The van der Waals surface area contributed by atoms with Crippen LogP contribution in [-0.2, 0) is 39.2 Å². The van der Waals surface area contributed by atoms with Gasteiger partial charge < -0.3 is 33.3 Å². The minimum absolute atomic E-state index is 0.0785. The van der Waals surface area contributed by atoms with Gasteiger partial charge in [-0.2, -0.15) is 26.3 Å². The summed E-state index contributed by atoms with van der Waals surface area (Å²) in [5.74, 6) is -0.510. The summed E-state index contributed by atoms with van der Waals surface area (Å²) in [4.78, 5) is 0. The maximum Gasteiger partial charge on any atom is 0.419 e. The highest BCUT2D eigenvalue weighted by molar-refractivity contribution is 6.87. The van der Waals surface area contributed by atoms with E-state index in [1.54, 1.807) is 0 Å². The lowest BCUT2D eigenvalue weighted by Gasteiger charge is -2.49. The molecule has 4 rings (SSSR count). The lowest BCUT2D eigenvalue weighted by atomic mass is 9.95. The molecule has 7 nitrogen and oxygen atoms in total. The van der Waals surface area contributed by atoms with Gasteiger partial charge in [-0.1, -0.05) is 39.8 Å². The van der Waals surface area contributed by atoms with Crippen molar-refractivity contribution in [1.29, 1.82) is 0 Å². The summed E-state index contributed by atoms with van der Waals surface area (Å²) in [7, 11) is -5.03. The lowest BCUT2D eigenvalue weighted by Crippen LogP contribution is -2.56. The third-order valence-corrected chi connectivity index (χ3v) is 22.6. The average Bonchev–Trinajstić information content (AvgIpc) is 3.03. The largest absolute Gasteiger partial charge is 0.490 e. The van der Waals surface area contributed by atoms with Crippen molar-refractivity contribution in [2.45, 2.75) is 165 Å². The standard InChI is InChI=1S/C40H60F6O7Si2/c1-37(2,25-49-23-27-15-17-33(39(41,42)43)35(19-27)51-31-13-9-11-29(47)21-31)54(5,6)53-55(7,8)38(3,4)26-50-24-28-16-18-34(40(44,45)46)36(20-28)52-32-14-10-12-30(48)22-32/h15-20,29-32,47-48H,9-14,21-26H2,1-8H3/t29-,30-,31+,32+/m0/s1. The lowest BCUT2D eigenvalue weighted by molar-refractivity contribution is -0.140. The van der Waals surface area contributed by atoms with Crippen LogP contribution < -0.4 is 9.47 Å². The van der Waals surface area contributed by atoms with Crippen molar-refractivity contribution in [1.82, 2.24) is 0 Å². The van der Waals surface area contributed by atoms with Crippen molar-refractivity contribution >= 4 is 16.6 Å². The second-order valence-electron chi connectivity index (χ2n) is 17.7. The first kappa shape index (κ1) is 45.6. The fourth-order valence-corrected chi connectivity index (χ4v) is 15.1. The molecule has 2 N–H and O–H groups in total. The topological polar surface area (TPSA) is 86.6 Å². The molecule has 0 aliphatic heterocycles. The Bertz CT molecular complexity index is 1450. The molecule has 312 valence electrons. The second kappa shape index (κ2) is 17.8. The molecule has 55 heavy (non-hydrogen) atoms. The number of benzene rings is 2. The summed E-state index contributed by atoms with van der Waals surface area (Å²) in [6, 6.07) is 7.61. The minimum atomic E-state index is -4.59. The SMILES string of the molecule is CC(C)(COCc1ccc(C(F)(F)F)c(O[C@@H]2CCC[C@H](O)C2)c1)[Si](C)(C)O[Si](C)(C)C(C)(C)COCc1ccc(C(F)(F)F)c(O[C@@H]2CCC[C@H](O)C2)c1. The van der Waals surface area contributed by atoms with Crippen molar-refractivity contribution in [2.24, 2.45) is 0 Å². The molecule has 4 atom stereocenters. The van der Waals surface area contributed by atoms with Crippen LogP contribution in [-0.4, -0.2) is 64.5 Å². The Morgan fingerprint density at radius 1 is 0.600 bits per heavy atom. The van der Waals surface area contributed by atoms with Gasteiger partial charge in [-0.15, -0.1) is 0 Å². The fraction of sp³-hybridized carbons (Fsp3) is 0.700. The normalized spacial score (nSPS) is 22.1. The molecule has 0 bridgehead atoms. The van der Waals surface area contributed by atoms with Crippen LogP contribution in [0.15, 0.2) is 36.4 Å². The molecule has 0 radical (unpaired) electrons. The van der Waals surface area contributed by atoms with Crippen LogP contribution in [0.25, 0.3) is 0 Å². The molecule has 0 aromatic heterocycles. The molecular weight excluding hydrogens is 763 g/mol. The maximum absolute atomic E-state index is 13.8. The second-order valence-corrected chi connectivity index (χ2v) is 27.2. The average molecular weight is 823 g/mol. The number of alkyl halides is 6. The van der Waals surface area contributed by atoms with E-state index in [9.17, 15) is 36.6 Å². The highest BCUT2D eigenvalue weighted by Crippen LogP contribution is 2.46. The smallest absolute Gasteiger partial charge is 0.419 e. The number of aliphatic hydroxyl groups excluding tert-OH is 2. The van der Waals surface area contributed by atoms with Gasteiger partial charge in [0, 0.05) is 22.9 Å². The van der Waals surface area contributed by atoms with Gasteiger partial charge >= 0.3 is 12.4 Å². The van der Waals surface area contributed by atoms with E-state index in [-0.39, 0.29) is 37.6 Å². The first-order valence-corrected chi connectivity index (χ1v) is 25.1. The Hall–Kier alpha value is -2.15. The van der Waals surface area contributed by atoms with E-state index < -0.39 is 74.6 Å². The van der Waals surface area contributed by atoms with Crippen LogP contribution >= 0.6 is 0 Å². The van der Waals surface area contributed by atoms with Gasteiger partial charge in [0.25, 0.3) is 0 Å². The predicted octanol–water partition coefficient (Wildman–Crippen LogP) is 10.8. The number of hydrogen-bond donors (Lipinski definition) is 2. The number of ether oxygens (including phenoxy) is 4. The van der Waals surface area contributed by atoms with E-state index in [2.05, 4.69) is 53.9 Å². The summed E-state index contributed by atoms with van der Waals surface area (Å²) in [5.41, 5.74) is -0.621. The number of rotatable bonds is 16. The van der Waals surface area contributed by atoms with Crippen molar-refractivity contribution < 1.29 is 59.6 Å². The highest BCUT2D eigenvalue weighted by atomic mass is 28.4. The van der Waals surface area contributed by atoms with E-state index in [1.807, 2.05) is 0 Å². The molecule has 0 heterocycles. The Morgan fingerprint density at radius 2 is 0.964 bits per heavy atom. The summed E-state index contributed by atoms with van der Waals surface area (Å²) < 4.78 is 114. The summed E-state index contributed by atoms with van der Waals surface area (Å²) in [6.07, 6.45) is -7.02. The van der Waals surface area contributed by atoms with Gasteiger partial charge in [0.05, 0.1) is 49.8 Å². The fourth-order valence-electron chi connectivity index (χ4n) is 6.90. The van der Waals surface area contributed by atoms with E-state index in [4.69, 9.17) is 23.1 Å². The van der Waals surface area contributed by atoms with Gasteiger partial charge in [-0.25, -0.2) is 0 Å². The third-order valence-electron chi connectivity index (χ3n) is 11.7. The predicted molar refractivity (Wildman–Crippen MR) is 204 cm³/mol. The van der Waals surface area contributed by atoms with Crippen LogP contribution in [0.4, 0.5) is 26.3 Å². The van der Waals surface area contributed by atoms with Crippen LogP contribution in [0.1, 0.15) is 101 Å². The Morgan fingerprint density at radius 3 is 1.29 bits per heavy atom. The highest BCUT2D eigenvalue weighted by Gasteiger charge is 2.50. The molecule has 2 aromatic carbocycles. The maximum atomic E-state index is 13.8. The first-order valence-electron chi connectivity index (χ1n) is 19.2. The molecule has 0 spiro atoms. The molecule has 2 aliphatic carbocycles. The monoisotopic (exact) mass is 822 g/mol. The number of hydrogen-bond acceptors (Lipinski definition) is 7. The van der Waals surface area contributed by atoms with Gasteiger partial charge in [0.2, 0.25) is 0 Å². The Balaban J connectivity index is 1.35. The van der Waals surface area contributed by atoms with Crippen LogP contribution in [0, 0.1) is 0 Å². The minimum Gasteiger partial charge on any atom is -0.490 e. The van der Waals surface area contributed by atoms with Crippen LogP contribution in [0.3, 0.4) is 0 Å². The first-order chi connectivity index (χ1) is 25.3. The molecule has 0 saturated heterocycles. The van der Waals surface area contributed by atoms with E-state index in [0.29, 0.717) is 62.9 Å². The van der Waals surface area contributed by atoms with Crippen LogP contribution in [0.5, 0.6) is 11.5 Å². The van der Waals surface area contributed by atoms with Crippen molar-refractivity contribution in [3.8, 4) is 11.5 Å². The Kier molecular flexibility index (Phi) is 14.7. The van der Waals surface area contributed by atoms with Gasteiger partial charge in [-0.3, -0.25) is 0 Å². The van der Waals surface area contributed by atoms with Gasteiger partial charge in [0.1, 0.15) is 23.7 Å². The molecule has 0 unspecified atom stereocenters. The van der Waals surface area contributed by atoms with Crippen molar-refractivity contribution in [3.05, 3.63) is 58.7 Å². The van der Waals surface area contributed by atoms with E-state index in [1.165, 1.54) is 24.3 Å². The van der Waals surface area contributed by atoms with Gasteiger partial charge in [0.15, 0.2) is 16.6 Å². The van der Waals surface area contributed by atoms with E-state index in [0.717, 1.165) is 12.1 Å². The summed E-state index contributed by atoms with van der Waals surface area (Å²) in [6.45, 7) is 17.5. The zero-order chi connectivity index (χ0) is 41.0. The third kappa shape index (κ3) is 12.4. The van der Waals surface area contributed by atoms with E-state index >= 15 is 0 Å². The summed E-state index contributed by atoms with van der Waals surface area (Å²) >= 11 is 0. The van der Waals surface area contributed by atoms with Crippen molar-refractivity contribution in [3.63, 3.8) is 0 Å². The molecular formula is C40H60F6O7Si2. The molecule has 2 aromatic rings. The molecule has 0 amide bonds. The number of aliphatic hydroxyl groups is 2. The Labute approximate surface area is 324 Å². The van der Waals surface area contributed by atoms with Gasteiger partial charge in [-0.05, 0) is 100 Å². The zero-order valence-corrected chi connectivity index (χ0v) is 35.5. The quantitative estimate of drug-likeness (QED) is 0.129. The van der Waals surface area contributed by atoms with Crippen molar-refractivity contribution in [2.75, 3.05) is 13.2 Å². The molecule has 15 heteroatoms. The number of halogens is 6. The molecule has 2 aliphatic rings. The zero-order valence-electron chi connectivity index (χ0n) is 33.5. The van der Waals surface area contributed by atoms with Crippen LogP contribution in [0.2, 0.25) is 36.3 Å². The molecule has 2 fully saturated rings. The molecule has 2 saturated carbocycles.